The molecule has 2 aromatic rings. The van der Waals surface area contributed by atoms with Gasteiger partial charge in [0.2, 0.25) is 5.88 Å². The van der Waals surface area contributed by atoms with Crippen molar-refractivity contribution in [2.45, 2.75) is 0 Å². The average molecular weight is 357 g/mol. The number of hydrogen-bond donors (Lipinski definition) is 1. The summed E-state index contributed by atoms with van der Waals surface area (Å²) < 4.78 is 18.3. The van der Waals surface area contributed by atoms with Gasteiger partial charge in [-0.1, -0.05) is 6.07 Å². The second kappa shape index (κ2) is 5.83. The van der Waals surface area contributed by atoms with E-state index < -0.39 is 22.3 Å². The SMILES string of the molecule is O=C(O)c1cc(F)cnc1Oc1cccc([N+](=O)[O-])c1Br. The summed E-state index contributed by atoms with van der Waals surface area (Å²) >= 11 is 3.00. The number of carboxylic acids is 1. The first kappa shape index (κ1) is 14.9. The standard InChI is InChI=1S/C12H6BrFN2O5/c13-10-8(16(19)20)2-1-3-9(10)21-11-7(12(17)18)4-6(14)5-15-11/h1-5H,(H,17,18). The molecule has 1 aromatic carbocycles. The number of carbonyl (C=O) groups is 1. The van der Waals surface area contributed by atoms with E-state index >= 15 is 0 Å². The van der Waals surface area contributed by atoms with Crippen LogP contribution in [0, 0.1) is 15.9 Å². The molecule has 21 heavy (non-hydrogen) atoms. The lowest BCUT2D eigenvalue weighted by Crippen LogP contribution is -2.03. The molecular formula is C12H6BrFN2O5. The molecule has 0 unspecified atom stereocenters. The van der Waals surface area contributed by atoms with Crippen molar-refractivity contribution in [1.82, 2.24) is 4.98 Å². The first-order valence-corrected chi connectivity index (χ1v) is 6.19. The minimum absolute atomic E-state index is 0.00851. The topological polar surface area (TPSA) is 103 Å². The average Bonchev–Trinajstić information content (AvgIpc) is 2.42. The van der Waals surface area contributed by atoms with Crippen LogP contribution in [0.25, 0.3) is 0 Å². The third kappa shape index (κ3) is 3.14. The molecule has 0 amide bonds. The summed E-state index contributed by atoms with van der Waals surface area (Å²) in [5.74, 6) is -2.65. The van der Waals surface area contributed by atoms with Crippen LogP contribution in [-0.4, -0.2) is 21.0 Å². The molecule has 0 saturated carbocycles. The predicted molar refractivity (Wildman–Crippen MR) is 72.0 cm³/mol. The van der Waals surface area contributed by atoms with Crippen LogP contribution in [0.1, 0.15) is 10.4 Å². The number of nitrogens with zero attached hydrogens (tertiary/aromatic N) is 2. The lowest BCUT2D eigenvalue weighted by molar-refractivity contribution is -0.385. The molecule has 7 nitrogen and oxygen atoms in total. The van der Waals surface area contributed by atoms with Gasteiger partial charge in [0.25, 0.3) is 5.69 Å². The Balaban J connectivity index is 2.46. The van der Waals surface area contributed by atoms with Gasteiger partial charge in [-0.25, -0.2) is 14.2 Å². The predicted octanol–water partition coefficient (Wildman–Crippen LogP) is 3.38. The fraction of sp³-hybridized carbons (Fsp3) is 0. The molecule has 1 heterocycles. The molecule has 0 aliphatic heterocycles. The Kier molecular flexibility index (Phi) is 4.13. The number of ether oxygens (including phenoxy) is 1. The molecule has 0 spiro atoms. The summed E-state index contributed by atoms with van der Waals surface area (Å²) in [5, 5.41) is 19.8. The van der Waals surface area contributed by atoms with Gasteiger partial charge in [0.05, 0.1) is 11.1 Å². The van der Waals surface area contributed by atoms with E-state index in [1.807, 2.05) is 0 Å². The number of pyridine rings is 1. The summed E-state index contributed by atoms with van der Waals surface area (Å²) in [5.41, 5.74) is -0.750. The highest BCUT2D eigenvalue weighted by Gasteiger charge is 2.20. The lowest BCUT2D eigenvalue weighted by Gasteiger charge is -2.09. The van der Waals surface area contributed by atoms with E-state index in [1.165, 1.54) is 18.2 Å². The van der Waals surface area contributed by atoms with Crippen LogP contribution in [-0.2, 0) is 0 Å². The van der Waals surface area contributed by atoms with Crippen LogP contribution >= 0.6 is 15.9 Å². The van der Waals surface area contributed by atoms with Crippen LogP contribution in [0.3, 0.4) is 0 Å². The molecule has 0 fully saturated rings. The molecular weight excluding hydrogens is 351 g/mol. The van der Waals surface area contributed by atoms with Gasteiger partial charge < -0.3 is 9.84 Å². The Morgan fingerprint density at radius 2 is 2.19 bits per heavy atom. The van der Waals surface area contributed by atoms with E-state index in [1.54, 1.807) is 0 Å². The minimum atomic E-state index is -1.43. The molecule has 2 rings (SSSR count). The minimum Gasteiger partial charge on any atom is -0.477 e. The van der Waals surface area contributed by atoms with Gasteiger partial charge >= 0.3 is 5.97 Å². The second-order valence-corrected chi connectivity index (χ2v) is 4.55. The first-order chi connectivity index (χ1) is 9.90. The number of benzene rings is 1. The molecule has 0 bridgehead atoms. The number of nitro groups is 1. The Morgan fingerprint density at radius 3 is 2.81 bits per heavy atom. The summed E-state index contributed by atoms with van der Waals surface area (Å²) in [6.45, 7) is 0. The van der Waals surface area contributed by atoms with Gasteiger partial charge in [-0.3, -0.25) is 10.1 Å². The molecule has 0 atom stereocenters. The van der Waals surface area contributed by atoms with Crippen LogP contribution in [0.5, 0.6) is 11.6 Å². The zero-order chi connectivity index (χ0) is 15.6. The Bertz CT molecular complexity index is 738. The van der Waals surface area contributed by atoms with E-state index in [-0.39, 0.29) is 21.8 Å². The third-order valence-electron chi connectivity index (χ3n) is 2.39. The summed E-state index contributed by atoms with van der Waals surface area (Å²) in [6, 6.07) is 4.74. The fourth-order valence-electron chi connectivity index (χ4n) is 1.48. The van der Waals surface area contributed by atoms with E-state index in [0.29, 0.717) is 0 Å². The second-order valence-electron chi connectivity index (χ2n) is 3.76. The Labute approximate surface area is 125 Å². The lowest BCUT2D eigenvalue weighted by atomic mass is 10.2. The van der Waals surface area contributed by atoms with Crippen molar-refractivity contribution in [2.24, 2.45) is 0 Å². The molecule has 9 heteroatoms. The van der Waals surface area contributed by atoms with Gasteiger partial charge in [0.15, 0.2) is 5.75 Å². The maximum Gasteiger partial charge on any atom is 0.341 e. The highest BCUT2D eigenvalue weighted by atomic mass is 79.9. The number of hydrogen-bond acceptors (Lipinski definition) is 5. The highest BCUT2D eigenvalue weighted by Crippen LogP contribution is 2.36. The molecule has 108 valence electrons. The fourth-order valence-corrected chi connectivity index (χ4v) is 1.97. The van der Waals surface area contributed by atoms with Gasteiger partial charge in [-0.05, 0) is 28.1 Å². The number of nitro benzene ring substituents is 1. The highest BCUT2D eigenvalue weighted by molar-refractivity contribution is 9.10. The van der Waals surface area contributed by atoms with E-state index in [9.17, 15) is 19.3 Å². The van der Waals surface area contributed by atoms with Crippen molar-refractivity contribution >= 4 is 27.6 Å². The first-order valence-electron chi connectivity index (χ1n) is 5.39. The normalized spacial score (nSPS) is 10.2. The largest absolute Gasteiger partial charge is 0.477 e. The zero-order valence-corrected chi connectivity index (χ0v) is 11.7. The van der Waals surface area contributed by atoms with Gasteiger partial charge in [-0.15, -0.1) is 0 Å². The van der Waals surface area contributed by atoms with Crippen molar-refractivity contribution in [1.29, 1.82) is 0 Å². The summed E-state index contributed by atoms with van der Waals surface area (Å²) in [7, 11) is 0. The van der Waals surface area contributed by atoms with Crippen molar-refractivity contribution in [3.05, 3.63) is 56.4 Å². The third-order valence-corrected chi connectivity index (χ3v) is 3.19. The smallest absolute Gasteiger partial charge is 0.341 e. The van der Waals surface area contributed by atoms with Crippen LogP contribution < -0.4 is 4.74 Å². The maximum absolute atomic E-state index is 13.0. The molecule has 0 radical (unpaired) electrons. The monoisotopic (exact) mass is 356 g/mol. The van der Waals surface area contributed by atoms with Gasteiger partial charge in [-0.2, -0.15) is 0 Å². The number of aromatic nitrogens is 1. The molecule has 0 aliphatic rings. The van der Waals surface area contributed by atoms with Crippen molar-refractivity contribution < 1.29 is 24.0 Å². The quantitative estimate of drug-likeness (QED) is 0.665. The number of aromatic carboxylic acids is 1. The molecule has 1 N–H and O–H groups in total. The van der Waals surface area contributed by atoms with Gasteiger partial charge in [0.1, 0.15) is 15.9 Å². The Hall–Kier alpha value is -2.55. The van der Waals surface area contributed by atoms with Crippen molar-refractivity contribution in [3.8, 4) is 11.6 Å². The van der Waals surface area contributed by atoms with E-state index in [2.05, 4.69) is 20.9 Å². The zero-order valence-electron chi connectivity index (χ0n) is 10.1. The number of rotatable bonds is 4. The Morgan fingerprint density at radius 1 is 1.48 bits per heavy atom. The van der Waals surface area contributed by atoms with Gasteiger partial charge in [0, 0.05) is 6.07 Å². The number of halogens is 2. The van der Waals surface area contributed by atoms with Crippen molar-refractivity contribution in [3.63, 3.8) is 0 Å². The van der Waals surface area contributed by atoms with Crippen molar-refractivity contribution in [2.75, 3.05) is 0 Å². The molecule has 0 aliphatic carbocycles. The maximum atomic E-state index is 13.0. The van der Waals surface area contributed by atoms with Crippen LogP contribution in [0.2, 0.25) is 0 Å². The molecule has 0 saturated heterocycles. The summed E-state index contributed by atoms with van der Waals surface area (Å²) in [6.07, 6.45) is 0.785. The number of carboxylic acid groups (broad SMARTS) is 1. The van der Waals surface area contributed by atoms with E-state index in [0.717, 1.165) is 12.3 Å². The summed E-state index contributed by atoms with van der Waals surface area (Å²) in [4.78, 5) is 24.7. The molecule has 1 aromatic heterocycles. The van der Waals surface area contributed by atoms with Crippen LogP contribution in [0.15, 0.2) is 34.9 Å². The van der Waals surface area contributed by atoms with E-state index in [4.69, 9.17) is 9.84 Å². The van der Waals surface area contributed by atoms with Crippen LogP contribution in [0.4, 0.5) is 10.1 Å².